The Bertz CT molecular complexity index is 1320. The van der Waals surface area contributed by atoms with Gasteiger partial charge in [-0.25, -0.2) is 16.8 Å². The van der Waals surface area contributed by atoms with Crippen LogP contribution in [0.3, 0.4) is 0 Å². The second-order valence-corrected chi connectivity index (χ2v) is 10.9. The minimum absolute atomic E-state index is 0.0136. The van der Waals surface area contributed by atoms with Crippen LogP contribution in [0.5, 0.6) is 5.75 Å². The fourth-order valence-electron chi connectivity index (χ4n) is 2.90. The van der Waals surface area contributed by atoms with Gasteiger partial charge in [-0.2, -0.15) is 0 Å². The first-order valence-corrected chi connectivity index (χ1v) is 12.2. The highest BCUT2D eigenvalue weighted by Crippen LogP contribution is 2.41. The molecule has 2 N–H and O–H groups in total. The van der Waals surface area contributed by atoms with Gasteiger partial charge in [-0.1, -0.05) is 47.0 Å². The molecule has 0 aliphatic carbocycles. The zero-order valence-corrected chi connectivity index (χ0v) is 18.9. The predicted molar refractivity (Wildman–Crippen MR) is 116 cm³/mol. The van der Waals surface area contributed by atoms with Gasteiger partial charge in [0, 0.05) is 0 Å². The first kappa shape index (κ1) is 22.1. The molecule has 9 heteroatoms. The molecule has 0 spiro atoms. The van der Waals surface area contributed by atoms with E-state index in [1.165, 1.54) is 37.3 Å². The number of benzene rings is 3. The van der Waals surface area contributed by atoms with Crippen LogP contribution in [0.15, 0.2) is 69.3 Å². The Kier molecular flexibility index (Phi) is 5.86. The highest BCUT2D eigenvalue weighted by molar-refractivity contribution is 7.93. The van der Waals surface area contributed by atoms with Gasteiger partial charge in [0.25, 0.3) is 10.0 Å². The van der Waals surface area contributed by atoms with Crippen molar-refractivity contribution in [2.75, 3.05) is 4.72 Å². The summed E-state index contributed by atoms with van der Waals surface area (Å²) in [6, 6.07) is 13.5. The summed E-state index contributed by atoms with van der Waals surface area (Å²) in [5.74, 6) is -0.631. The van der Waals surface area contributed by atoms with E-state index >= 15 is 0 Å². The fraction of sp³-hybridized carbons (Fsp3) is 0.143. The Balaban J connectivity index is 2.14. The van der Waals surface area contributed by atoms with Gasteiger partial charge >= 0.3 is 0 Å². The maximum atomic E-state index is 13.2. The van der Waals surface area contributed by atoms with Crippen molar-refractivity contribution in [3.05, 3.63) is 76.3 Å². The minimum Gasteiger partial charge on any atom is -0.505 e. The summed E-state index contributed by atoms with van der Waals surface area (Å²) in [6.07, 6.45) is 0. The van der Waals surface area contributed by atoms with Crippen LogP contribution in [0.1, 0.15) is 16.7 Å². The summed E-state index contributed by atoms with van der Waals surface area (Å²) in [4.78, 5) is -0.471. The predicted octanol–water partition coefficient (Wildman–Crippen LogP) is 4.60. The first-order chi connectivity index (χ1) is 13.9. The molecule has 0 atom stereocenters. The largest absolute Gasteiger partial charge is 0.505 e. The molecule has 0 aliphatic heterocycles. The van der Waals surface area contributed by atoms with Crippen molar-refractivity contribution in [2.45, 2.75) is 35.5 Å². The van der Waals surface area contributed by atoms with E-state index in [2.05, 4.69) is 4.72 Å². The molecule has 0 saturated carbocycles. The number of phenolic OH excluding ortho intramolecular Hbond substituents is 1. The van der Waals surface area contributed by atoms with E-state index in [0.29, 0.717) is 0 Å². The molecular weight excluding hydrogens is 446 g/mol. The zero-order chi connectivity index (χ0) is 22.3. The summed E-state index contributed by atoms with van der Waals surface area (Å²) in [5.41, 5.74) is 1.76. The summed E-state index contributed by atoms with van der Waals surface area (Å²) < 4.78 is 54.2. The summed E-state index contributed by atoms with van der Waals surface area (Å²) >= 11 is 6.06. The number of hydrogen-bond donors (Lipinski definition) is 2. The molecule has 0 radical (unpaired) electrons. The number of sulfone groups is 1. The zero-order valence-electron chi connectivity index (χ0n) is 16.5. The van der Waals surface area contributed by atoms with Crippen molar-refractivity contribution in [1.29, 1.82) is 0 Å². The molecule has 0 bridgehead atoms. The fourth-order valence-corrected chi connectivity index (χ4v) is 5.88. The lowest BCUT2D eigenvalue weighted by atomic mass is 10.2. The Morgan fingerprint density at radius 1 is 0.800 bits per heavy atom. The summed E-state index contributed by atoms with van der Waals surface area (Å²) in [5, 5.41) is 10.1. The maximum Gasteiger partial charge on any atom is 0.261 e. The van der Waals surface area contributed by atoms with Crippen molar-refractivity contribution in [3.63, 3.8) is 0 Å². The Morgan fingerprint density at radius 3 is 1.77 bits per heavy atom. The lowest BCUT2D eigenvalue weighted by Crippen LogP contribution is -2.15. The Labute approximate surface area is 181 Å². The quantitative estimate of drug-likeness (QED) is 0.536. The van der Waals surface area contributed by atoms with Gasteiger partial charge in [-0.3, -0.25) is 4.72 Å². The lowest BCUT2D eigenvalue weighted by molar-refractivity contribution is 0.458. The number of halogens is 1. The molecular formula is C21H20ClNO5S2. The smallest absolute Gasteiger partial charge is 0.261 e. The number of rotatable bonds is 5. The molecule has 0 heterocycles. The first-order valence-electron chi connectivity index (χ1n) is 8.87. The Hall–Kier alpha value is -2.55. The maximum absolute atomic E-state index is 13.2. The van der Waals surface area contributed by atoms with Crippen LogP contribution in [-0.4, -0.2) is 21.9 Å². The van der Waals surface area contributed by atoms with Gasteiger partial charge in [0.1, 0.15) is 4.90 Å². The molecule has 0 aromatic heterocycles. The number of sulfonamides is 1. The molecule has 6 nitrogen and oxygen atoms in total. The van der Waals surface area contributed by atoms with Crippen LogP contribution < -0.4 is 4.72 Å². The van der Waals surface area contributed by atoms with Crippen LogP contribution in [0.2, 0.25) is 5.02 Å². The molecule has 0 amide bonds. The van der Waals surface area contributed by atoms with Gasteiger partial charge < -0.3 is 5.11 Å². The molecule has 0 saturated heterocycles. The molecule has 0 aliphatic rings. The second kappa shape index (κ2) is 7.94. The molecule has 3 aromatic carbocycles. The van der Waals surface area contributed by atoms with Gasteiger partial charge in [0.15, 0.2) is 5.75 Å². The standard InChI is InChI=1S/C21H20ClNO5S2/c1-13-4-8-16(9-5-13)29(25,26)21-15(3)19(12-18(22)20(21)24)23-30(27,28)17-10-6-14(2)7-11-17/h4-12,23-24H,1-3H3. The van der Waals surface area contributed by atoms with Crippen LogP contribution in [0.4, 0.5) is 5.69 Å². The van der Waals surface area contributed by atoms with Crippen LogP contribution in [0.25, 0.3) is 0 Å². The van der Waals surface area contributed by atoms with Gasteiger partial charge in [0.05, 0.1) is 20.5 Å². The topological polar surface area (TPSA) is 101 Å². The van der Waals surface area contributed by atoms with Crippen molar-refractivity contribution < 1.29 is 21.9 Å². The van der Waals surface area contributed by atoms with Crippen molar-refractivity contribution >= 4 is 37.1 Å². The Morgan fingerprint density at radius 2 is 1.27 bits per heavy atom. The van der Waals surface area contributed by atoms with Gasteiger partial charge in [-0.15, -0.1) is 0 Å². The van der Waals surface area contributed by atoms with Gasteiger partial charge in [-0.05, 0) is 56.7 Å². The number of aromatic hydroxyl groups is 1. The average molecular weight is 466 g/mol. The van der Waals surface area contributed by atoms with E-state index in [-0.39, 0.29) is 26.1 Å². The third-order valence-corrected chi connectivity index (χ3v) is 8.23. The summed E-state index contributed by atoms with van der Waals surface area (Å²) in [6.45, 7) is 5.05. The molecule has 0 unspecified atom stereocenters. The number of hydrogen-bond acceptors (Lipinski definition) is 5. The number of aryl methyl sites for hydroxylation is 2. The van der Waals surface area contributed by atoms with Crippen LogP contribution in [-0.2, 0) is 19.9 Å². The minimum atomic E-state index is -4.16. The van der Waals surface area contributed by atoms with E-state index < -0.39 is 30.5 Å². The highest BCUT2D eigenvalue weighted by Gasteiger charge is 2.29. The number of anilines is 1. The number of nitrogens with one attached hydrogen (secondary N) is 1. The third-order valence-electron chi connectivity index (χ3n) is 4.63. The molecule has 30 heavy (non-hydrogen) atoms. The average Bonchev–Trinajstić information content (AvgIpc) is 2.66. The SMILES string of the molecule is Cc1ccc(S(=O)(=O)Nc2cc(Cl)c(O)c(S(=O)(=O)c3ccc(C)cc3)c2C)cc1. The van der Waals surface area contributed by atoms with E-state index in [1.54, 1.807) is 24.3 Å². The van der Waals surface area contributed by atoms with E-state index in [9.17, 15) is 21.9 Å². The monoisotopic (exact) mass is 465 g/mol. The number of phenols is 1. The van der Waals surface area contributed by atoms with Crippen molar-refractivity contribution in [1.82, 2.24) is 0 Å². The third kappa shape index (κ3) is 4.16. The van der Waals surface area contributed by atoms with Crippen molar-refractivity contribution in [2.24, 2.45) is 0 Å². The van der Waals surface area contributed by atoms with Crippen molar-refractivity contribution in [3.8, 4) is 5.75 Å². The van der Waals surface area contributed by atoms with Crippen LogP contribution >= 0.6 is 11.6 Å². The molecule has 0 fully saturated rings. The summed E-state index contributed by atoms with van der Waals surface area (Å²) in [7, 11) is -8.16. The lowest BCUT2D eigenvalue weighted by Gasteiger charge is -2.17. The molecule has 3 aromatic rings. The second-order valence-electron chi connectivity index (χ2n) is 6.94. The van der Waals surface area contributed by atoms with Gasteiger partial charge in [0.2, 0.25) is 9.84 Å². The van der Waals surface area contributed by atoms with Crippen LogP contribution in [0, 0.1) is 20.8 Å². The molecule has 158 valence electrons. The molecule has 3 rings (SSSR count). The van der Waals surface area contributed by atoms with E-state index in [0.717, 1.165) is 11.1 Å². The normalized spacial score (nSPS) is 12.0. The van der Waals surface area contributed by atoms with E-state index in [4.69, 9.17) is 11.6 Å². The highest BCUT2D eigenvalue weighted by atomic mass is 35.5. The van der Waals surface area contributed by atoms with E-state index in [1.807, 2.05) is 13.8 Å².